The average molecular weight is 338 g/mol. The van der Waals surface area contributed by atoms with E-state index in [0.29, 0.717) is 6.42 Å². The number of rotatable bonds is 5. The highest BCUT2D eigenvalue weighted by atomic mass is 16.3. The highest BCUT2D eigenvalue weighted by Gasteiger charge is 2.46. The van der Waals surface area contributed by atoms with Crippen LogP contribution in [-0.4, -0.2) is 38.3 Å². The number of H-pyrrole nitrogens is 1. The van der Waals surface area contributed by atoms with Gasteiger partial charge in [-0.05, 0) is 32.4 Å². The first-order valence-corrected chi connectivity index (χ1v) is 8.24. The quantitative estimate of drug-likeness (QED) is 0.649. The number of aliphatic hydroxyl groups excluding tert-OH is 1. The second-order valence-corrected chi connectivity index (χ2v) is 6.93. The van der Waals surface area contributed by atoms with Gasteiger partial charge in [0, 0.05) is 23.5 Å². The number of aromatic nitrogens is 1. The van der Waals surface area contributed by atoms with Gasteiger partial charge in [0.15, 0.2) is 5.78 Å². The molecular formula is C20H22N2O3. The van der Waals surface area contributed by atoms with Gasteiger partial charge >= 0.3 is 0 Å². The summed E-state index contributed by atoms with van der Waals surface area (Å²) in [5, 5.41) is 11.7. The van der Waals surface area contributed by atoms with Crippen molar-refractivity contribution in [1.82, 2.24) is 9.88 Å². The Morgan fingerprint density at radius 3 is 2.72 bits per heavy atom. The molecule has 1 amide bonds. The molecule has 2 N–H and O–H groups in total. The number of carbonyl (C=O) groups is 2. The molecule has 0 bridgehead atoms. The first kappa shape index (κ1) is 17.0. The highest BCUT2D eigenvalue weighted by Crippen LogP contribution is 2.35. The number of carbonyl (C=O) groups excluding carboxylic acids is 2. The smallest absolute Gasteiger partial charge is 0.262 e. The zero-order chi connectivity index (χ0) is 18.4. The third kappa shape index (κ3) is 2.65. The van der Waals surface area contributed by atoms with E-state index in [9.17, 15) is 14.7 Å². The Balaban J connectivity index is 2.08. The van der Waals surface area contributed by atoms with Crippen LogP contribution in [0.25, 0.3) is 10.9 Å². The number of aliphatic hydroxyl groups is 1. The Kier molecular flexibility index (Phi) is 4.03. The second kappa shape index (κ2) is 5.92. The van der Waals surface area contributed by atoms with Crippen LogP contribution in [0.15, 0.2) is 54.4 Å². The lowest BCUT2D eigenvalue weighted by Gasteiger charge is -2.38. The van der Waals surface area contributed by atoms with Gasteiger partial charge in [-0.2, -0.15) is 0 Å². The lowest BCUT2D eigenvalue weighted by Crippen LogP contribution is -2.50. The van der Waals surface area contributed by atoms with Crippen LogP contribution in [0.2, 0.25) is 0 Å². The van der Waals surface area contributed by atoms with E-state index in [0.717, 1.165) is 16.5 Å². The number of amides is 1. The summed E-state index contributed by atoms with van der Waals surface area (Å²) >= 11 is 0. The third-order valence-corrected chi connectivity index (χ3v) is 4.88. The van der Waals surface area contributed by atoms with Gasteiger partial charge < -0.3 is 15.0 Å². The van der Waals surface area contributed by atoms with E-state index in [1.807, 2.05) is 44.3 Å². The molecular weight excluding hydrogens is 316 g/mol. The molecule has 0 saturated carbocycles. The summed E-state index contributed by atoms with van der Waals surface area (Å²) in [7, 11) is 0. The molecule has 5 nitrogen and oxygen atoms in total. The van der Waals surface area contributed by atoms with Crippen molar-refractivity contribution in [3.63, 3.8) is 0 Å². The predicted molar refractivity (Wildman–Crippen MR) is 97.2 cm³/mol. The Morgan fingerprint density at radius 2 is 2.08 bits per heavy atom. The molecule has 0 saturated heterocycles. The van der Waals surface area contributed by atoms with Crippen molar-refractivity contribution in [2.75, 3.05) is 0 Å². The second-order valence-electron chi connectivity index (χ2n) is 6.93. The van der Waals surface area contributed by atoms with E-state index >= 15 is 0 Å². The fraction of sp³-hybridized carbons (Fsp3) is 0.300. The number of para-hydroxylation sites is 1. The summed E-state index contributed by atoms with van der Waals surface area (Å²) in [5.74, 6) is -1.02. The molecule has 2 heterocycles. The minimum atomic E-state index is -0.695. The van der Waals surface area contributed by atoms with Crippen molar-refractivity contribution in [2.24, 2.45) is 0 Å². The molecule has 3 rings (SSSR count). The monoisotopic (exact) mass is 338 g/mol. The average Bonchev–Trinajstić information content (AvgIpc) is 3.07. The van der Waals surface area contributed by atoms with E-state index in [1.165, 1.54) is 6.92 Å². The molecule has 1 aliphatic rings. The lowest BCUT2D eigenvalue weighted by molar-refractivity contribution is -0.132. The standard InChI is InChI=1S/C20H22N2O3/c1-5-20(3,4)22-16(18(24)17(12(2)23)19(22)25)10-13-11-21-15-9-7-6-8-14(13)15/h5-9,11,16,21,24H,1,10H2,2-4H3/t16-/m1/s1. The summed E-state index contributed by atoms with van der Waals surface area (Å²) in [6.45, 7) is 8.79. The van der Waals surface area contributed by atoms with Crippen molar-refractivity contribution in [1.29, 1.82) is 0 Å². The van der Waals surface area contributed by atoms with Crippen LogP contribution in [0.5, 0.6) is 0 Å². The van der Waals surface area contributed by atoms with Gasteiger partial charge in [0.05, 0.1) is 11.6 Å². The number of benzene rings is 1. The van der Waals surface area contributed by atoms with E-state index < -0.39 is 23.3 Å². The molecule has 5 heteroatoms. The van der Waals surface area contributed by atoms with E-state index in [4.69, 9.17) is 0 Å². The maximum atomic E-state index is 12.8. The topological polar surface area (TPSA) is 73.4 Å². The molecule has 1 aromatic carbocycles. The molecule has 1 aliphatic heterocycles. The summed E-state index contributed by atoms with van der Waals surface area (Å²) in [5.41, 5.74) is 1.15. The van der Waals surface area contributed by atoms with Gasteiger partial charge in [-0.1, -0.05) is 24.3 Å². The molecule has 130 valence electrons. The number of hydrogen-bond acceptors (Lipinski definition) is 3. The number of nitrogens with zero attached hydrogens (tertiary/aromatic N) is 1. The van der Waals surface area contributed by atoms with Gasteiger partial charge in [-0.25, -0.2) is 0 Å². The van der Waals surface area contributed by atoms with E-state index in [-0.39, 0.29) is 11.3 Å². The zero-order valence-electron chi connectivity index (χ0n) is 14.7. The predicted octanol–water partition coefficient (Wildman–Crippen LogP) is 3.29. The summed E-state index contributed by atoms with van der Waals surface area (Å²) in [4.78, 5) is 29.4. The molecule has 0 spiro atoms. The molecule has 0 radical (unpaired) electrons. The number of nitrogens with one attached hydrogen (secondary N) is 1. The molecule has 25 heavy (non-hydrogen) atoms. The van der Waals surface area contributed by atoms with Crippen LogP contribution in [0.4, 0.5) is 0 Å². The van der Waals surface area contributed by atoms with Gasteiger partial charge in [0.1, 0.15) is 11.3 Å². The largest absolute Gasteiger partial charge is 0.509 e. The maximum absolute atomic E-state index is 12.8. The van der Waals surface area contributed by atoms with Crippen LogP contribution in [-0.2, 0) is 16.0 Å². The number of hydrogen-bond donors (Lipinski definition) is 2. The highest BCUT2D eigenvalue weighted by molar-refractivity contribution is 6.20. The Morgan fingerprint density at radius 1 is 1.40 bits per heavy atom. The molecule has 0 fully saturated rings. The minimum Gasteiger partial charge on any atom is -0.509 e. The first-order chi connectivity index (χ1) is 11.8. The SMILES string of the molecule is C=CC(C)(C)N1C(=O)C(C(C)=O)=C(O)[C@H]1Cc1c[nH]c2ccccc12. The van der Waals surface area contributed by atoms with Crippen molar-refractivity contribution in [3.8, 4) is 0 Å². The number of fused-ring (bicyclic) bond motifs is 1. The van der Waals surface area contributed by atoms with Crippen LogP contribution in [0.3, 0.4) is 0 Å². The Bertz CT molecular complexity index is 905. The van der Waals surface area contributed by atoms with Crippen molar-refractivity contribution >= 4 is 22.6 Å². The van der Waals surface area contributed by atoms with Crippen molar-refractivity contribution in [2.45, 2.75) is 38.8 Å². The maximum Gasteiger partial charge on any atom is 0.262 e. The van der Waals surface area contributed by atoms with Crippen molar-refractivity contribution in [3.05, 3.63) is 60.0 Å². The van der Waals surface area contributed by atoms with Crippen LogP contribution in [0.1, 0.15) is 26.3 Å². The number of ketones is 1. The Labute approximate surface area is 146 Å². The lowest BCUT2D eigenvalue weighted by atomic mass is 9.97. The van der Waals surface area contributed by atoms with Gasteiger partial charge in [0.2, 0.25) is 0 Å². The van der Waals surface area contributed by atoms with Gasteiger partial charge in [-0.15, -0.1) is 6.58 Å². The molecule has 0 unspecified atom stereocenters. The van der Waals surface area contributed by atoms with Gasteiger partial charge in [-0.3, -0.25) is 9.59 Å². The fourth-order valence-electron chi connectivity index (χ4n) is 3.45. The molecule has 0 aliphatic carbocycles. The normalized spacial score (nSPS) is 18.3. The zero-order valence-corrected chi connectivity index (χ0v) is 14.7. The summed E-state index contributed by atoms with van der Waals surface area (Å²) in [6, 6.07) is 7.26. The van der Waals surface area contributed by atoms with Crippen LogP contribution in [0, 0.1) is 0 Å². The minimum absolute atomic E-state index is 0.125. The van der Waals surface area contributed by atoms with Crippen LogP contribution < -0.4 is 0 Å². The number of Topliss-reactive ketones (excluding diaryl/α,β-unsaturated/α-hetero) is 1. The molecule has 2 aromatic rings. The van der Waals surface area contributed by atoms with Crippen LogP contribution >= 0.6 is 0 Å². The van der Waals surface area contributed by atoms with E-state index in [2.05, 4.69) is 11.6 Å². The number of aromatic amines is 1. The van der Waals surface area contributed by atoms with Gasteiger partial charge in [0.25, 0.3) is 5.91 Å². The summed E-state index contributed by atoms with van der Waals surface area (Å²) < 4.78 is 0. The summed E-state index contributed by atoms with van der Waals surface area (Å²) in [6.07, 6.45) is 3.95. The fourth-order valence-corrected chi connectivity index (χ4v) is 3.45. The molecule has 1 aromatic heterocycles. The van der Waals surface area contributed by atoms with E-state index in [1.54, 1.807) is 11.0 Å². The van der Waals surface area contributed by atoms with Crippen molar-refractivity contribution < 1.29 is 14.7 Å². The third-order valence-electron chi connectivity index (χ3n) is 4.88. The molecule has 1 atom stereocenters. The first-order valence-electron chi connectivity index (χ1n) is 8.24. The Hall–Kier alpha value is -2.82.